The third-order valence-electron chi connectivity index (χ3n) is 7.13. The van der Waals surface area contributed by atoms with Crippen molar-refractivity contribution in [3.8, 4) is 34.0 Å². The molecule has 2 aromatic carbocycles. The highest BCUT2D eigenvalue weighted by molar-refractivity contribution is 8.00. The molecule has 4 aromatic rings. The van der Waals surface area contributed by atoms with E-state index >= 15 is 0 Å². The number of fused-ring (bicyclic) bond motifs is 1. The van der Waals surface area contributed by atoms with Crippen molar-refractivity contribution < 1.29 is 23.8 Å². The van der Waals surface area contributed by atoms with Crippen LogP contribution in [0.15, 0.2) is 53.7 Å². The van der Waals surface area contributed by atoms with Crippen molar-refractivity contribution in [3.63, 3.8) is 0 Å². The quantitative estimate of drug-likeness (QED) is 0.123. The highest BCUT2D eigenvalue weighted by Gasteiger charge is 2.28. The van der Waals surface area contributed by atoms with Gasteiger partial charge in [0.25, 0.3) is 0 Å². The second-order valence-electron chi connectivity index (χ2n) is 9.73. The number of benzene rings is 2. The number of aryl methyl sites for hydroxylation is 1. The SMILES string of the molecule is COC(=O)c1c(NC(=O)C(C)Sc2nc(-c3ccc(OC)cc3)c(-c3ccc(OC)cc3)[nH]2)sc2c1CCCCC2. The van der Waals surface area contributed by atoms with Crippen LogP contribution in [-0.4, -0.2) is 48.4 Å². The van der Waals surface area contributed by atoms with Crippen molar-refractivity contribution in [2.24, 2.45) is 0 Å². The number of esters is 1. The Balaban J connectivity index is 1.41. The van der Waals surface area contributed by atoms with Gasteiger partial charge in [0.2, 0.25) is 5.91 Å². The average molecular weight is 592 g/mol. The highest BCUT2D eigenvalue weighted by Crippen LogP contribution is 2.39. The Bertz CT molecular complexity index is 1460. The Morgan fingerprint density at radius 1 is 0.927 bits per heavy atom. The minimum absolute atomic E-state index is 0.204. The summed E-state index contributed by atoms with van der Waals surface area (Å²) < 4.78 is 15.7. The molecule has 0 bridgehead atoms. The van der Waals surface area contributed by atoms with E-state index in [1.54, 1.807) is 14.2 Å². The molecule has 10 heteroatoms. The lowest BCUT2D eigenvalue weighted by Gasteiger charge is -2.11. The van der Waals surface area contributed by atoms with E-state index in [1.807, 2.05) is 55.5 Å². The molecule has 0 radical (unpaired) electrons. The first-order valence-electron chi connectivity index (χ1n) is 13.5. The van der Waals surface area contributed by atoms with Gasteiger partial charge in [-0.15, -0.1) is 11.3 Å². The lowest BCUT2D eigenvalue weighted by atomic mass is 10.0. The zero-order chi connectivity index (χ0) is 28.9. The van der Waals surface area contributed by atoms with E-state index in [-0.39, 0.29) is 5.91 Å². The lowest BCUT2D eigenvalue weighted by Crippen LogP contribution is -2.23. The number of hydrogen-bond donors (Lipinski definition) is 2. The van der Waals surface area contributed by atoms with E-state index in [4.69, 9.17) is 19.2 Å². The van der Waals surface area contributed by atoms with Crippen LogP contribution in [0.25, 0.3) is 22.5 Å². The third-order valence-corrected chi connectivity index (χ3v) is 9.32. The molecule has 1 aliphatic rings. The number of rotatable bonds is 9. The molecule has 1 aliphatic carbocycles. The number of H-pyrrole nitrogens is 1. The summed E-state index contributed by atoms with van der Waals surface area (Å²) in [4.78, 5) is 35.6. The number of methoxy groups -OCH3 is 3. The normalized spacial score (nSPS) is 13.6. The molecule has 0 aliphatic heterocycles. The maximum Gasteiger partial charge on any atom is 0.341 e. The maximum absolute atomic E-state index is 13.4. The highest BCUT2D eigenvalue weighted by atomic mass is 32.2. The predicted octanol–water partition coefficient (Wildman–Crippen LogP) is 7.00. The maximum atomic E-state index is 13.4. The van der Waals surface area contributed by atoms with Crippen LogP contribution in [-0.2, 0) is 22.4 Å². The first kappa shape index (κ1) is 28.8. The van der Waals surface area contributed by atoms with Crippen molar-refractivity contribution in [3.05, 3.63) is 64.5 Å². The van der Waals surface area contributed by atoms with Gasteiger partial charge in [-0.05, 0) is 86.7 Å². The Labute approximate surface area is 247 Å². The van der Waals surface area contributed by atoms with E-state index < -0.39 is 11.2 Å². The Morgan fingerprint density at radius 2 is 1.56 bits per heavy atom. The molecule has 8 nitrogen and oxygen atoms in total. The van der Waals surface area contributed by atoms with Gasteiger partial charge < -0.3 is 24.5 Å². The smallest absolute Gasteiger partial charge is 0.341 e. The second kappa shape index (κ2) is 12.8. The number of aromatic nitrogens is 2. The van der Waals surface area contributed by atoms with E-state index in [0.29, 0.717) is 15.7 Å². The third kappa shape index (κ3) is 6.28. The minimum Gasteiger partial charge on any atom is -0.497 e. The van der Waals surface area contributed by atoms with Crippen molar-refractivity contribution in [2.75, 3.05) is 26.6 Å². The molecule has 0 saturated heterocycles. The molecule has 2 heterocycles. The molecule has 1 atom stereocenters. The van der Waals surface area contributed by atoms with Crippen molar-refractivity contribution in [1.82, 2.24) is 9.97 Å². The standard InChI is InChI=1S/C31H33N3O5S2/c1-18(28(35)34-29-25(30(36)39-4)23-8-6-5-7-9-24(23)41-29)40-31-32-26(19-10-14-21(37-2)15-11-19)27(33-31)20-12-16-22(38-3)17-13-20/h10-18H,5-9H2,1-4H3,(H,32,33)(H,34,35). The van der Waals surface area contributed by atoms with Crippen LogP contribution in [0.2, 0.25) is 0 Å². The number of thioether (sulfide) groups is 1. The molecule has 41 heavy (non-hydrogen) atoms. The fourth-order valence-corrected chi connectivity index (χ4v) is 7.00. The van der Waals surface area contributed by atoms with Gasteiger partial charge in [-0.2, -0.15) is 0 Å². The zero-order valence-electron chi connectivity index (χ0n) is 23.5. The molecule has 1 amide bonds. The number of thiophene rings is 1. The molecule has 1 unspecified atom stereocenters. The summed E-state index contributed by atoms with van der Waals surface area (Å²) in [6.07, 6.45) is 4.99. The van der Waals surface area contributed by atoms with Gasteiger partial charge in [-0.3, -0.25) is 4.79 Å². The van der Waals surface area contributed by atoms with E-state index in [0.717, 1.165) is 76.6 Å². The summed E-state index contributed by atoms with van der Waals surface area (Å²) >= 11 is 2.82. The number of carbonyl (C=O) groups excluding carboxylic acids is 2. The van der Waals surface area contributed by atoms with Crippen LogP contribution in [0.1, 0.15) is 47.0 Å². The van der Waals surface area contributed by atoms with Gasteiger partial charge in [-0.1, -0.05) is 18.2 Å². The second-order valence-corrected chi connectivity index (χ2v) is 12.2. The van der Waals surface area contributed by atoms with Gasteiger partial charge in [0.1, 0.15) is 16.5 Å². The van der Waals surface area contributed by atoms with E-state index in [1.165, 1.54) is 30.2 Å². The Kier molecular flexibility index (Phi) is 8.99. The first-order chi connectivity index (χ1) is 19.9. The average Bonchev–Trinajstić information content (AvgIpc) is 3.49. The number of nitrogens with one attached hydrogen (secondary N) is 2. The topological polar surface area (TPSA) is 103 Å². The number of nitrogens with zero attached hydrogens (tertiary/aromatic N) is 1. The molecule has 2 N–H and O–H groups in total. The summed E-state index contributed by atoms with van der Waals surface area (Å²) in [5, 5.41) is 3.72. The Hall–Kier alpha value is -3.76. The van der Waals surface area contributed by atoms with Crippen molar-refractivity contribution in [1.29, 1.82) is 0 Å². The van der Waals surface area contributed by atoms with Gasteiger partial charge in [0.15, 0.2) is 5.16 Å². The number of ether oxygens (including phenoxy) is 3. The predicted molar refractivity (Wildman–Crippen MR) is 163 cm³/mol. The summed E-state index contributed by atoms with van der Waals surface area (Å²) in [5.74, 6) is 0.910. The van der Waals surface area contributed by atoms with Crippen molar-refractivity contribution >= 4 is 40.0 Å². The molecular formula is C31H33N3O5S2. The van der Waals surface area contributed by atoms with Crippen LogP contribution in [0.4, 0.5) is 5.00 Å². The number of amides is 1. The molecular weight excluding hydrogens is 558 g/mol. The number of aromatic amines is 1. The molecule has 214 valence electrons. The van der Waals surface area contributed by atoms with E-state index in [9.17, 15) is 9.59 Å². The molecule has 5 rings (SSSR count). The van der Waals surface area contributed by atoms with Crippen LogP contribution in [0.3, 0.4) is 0 Å². The van der Waals surface area contributed by atoms with Gasteiger partial charge in [0, 0.05) is 16.0 Å². The summed E-state index contributed by atoms with van der Waals surface area (Å²) in [5.41, 5.74) is 4.98. The number of anilines is 1. The molecule has 0 saturated carbocycles. The van der Waals surface area contributed by atoms with Crippen LogP contribution >= 0.6 is 23.1 Å². The van der Waals surface area contributed by atoms with Crippen LogP contribution in [0.5, 0.6) is 11.5 Å². The largest absolute Gasteiger partial charge is 0.497 e. The summed E-state index contributed by atoms with van der Waals surface area (Å²) in [6, 6.07) is 15.5. The van der Waals surface area contributed by atoms with Crippen LogP contribution in [0, 0.1) is 0 Å². The number of imidazole rings is 1. The molecule has 0 fully saturated rings. The minimum atomic E-state index is -0.485. The fourth-order valence-electron chi connectivity index (χ4n) is 4.91. The number of carbonyl (C=O) groups is 2. The van der Waals surface area contributed by atoms with Gasteiger partial charge >= 0.3 is 5.97 Å². The van der Waals surface area contributed by atoms with E-state index in [2.05, 4.69) is 10.3 Å². The molecule has 2 aromatic heterocycles. The van der Waals surface area contributed by atoms with Crippen LogP contribution < -0.4 is 14.8 Å². The lowest BCUT2D eigenvalue weighted by molar-refractivity contribution is -0.115. The number of hydrogen-bond acceptors (Lipinski definition) is 8. The summed E-state index contributed by atoms with van der Waals surface area (Å²) in [7, 11) is 4.65. The van der Waals surface area contributed by atoms with Gasteiger partial charge in [0.05, 0.1) is 43.5 Å². The van der Waals surface area contributed by atoms with Crippen molar-refractivity contribution in [2.45, 2.75) is 49.4 Å². The first-order valence-corrected chi connectivity index (χ1v) is 15.2. The zero-order valence-corrected chi connectivity index (χ0v) is 25.2. The molecule has 0 spiro atoms. The monoisotopic (exact) mass is 591 g/mol. The fraction of sp³-hybridized carbons (Fsp3) is 0.323. The summed E-state index contributed by atoms with van der Waals surface area (Å²) in [6.45, 7) is 1.83. The van der Waals surface area contributed by atoms with Gasteiger partial charge in [-0.25, -0.2) is 9.78 Å². The Morgan fingerprint density at radius 3 is 2.20 bits per heavy atom.